The minimum atomic E-state index is 0.637. The molecule has 0 bridgehead atoms. The number of benzene rings is 1. The molecule has 2 aromatic rings. The molecule has 0 fully saturated rings. The number of aromatic nitrogens is 1. The molecule has 1 heterocycles. The first-order chi connectivity index (χ1) is 7.68. The van der Waals surface area contributed by atoms with Gasteiger partial charge in [0.1, 0.15) is 0 Å². The average molecular weight is 278 g/mol. The SMILES string of the molecule is C=C(Br)CNc1c(N)cnc2ccccc12. The topological polar surface area (TPSA) is 50.9 Å². The predicted molar refractivity (Wildman–Crippen MR) is 72.7 cm³/mol. The third-order valence-corrected chi connectivity index (χ3v) is 2.54. The first kappa shape index (κ1) is 11.0. The van der Waals surface area contributed by atoms with Gasteiger partial charge in [-0.2, -0.15) is 0 Å². The van der Waals surface area contributed by atoms with Crippen molar-refractivity contribution in [2.45, 2.75) is 0 Å². The molecule has 1 aromatic carbocycles. The fourth-order valence-electron chi connectivity index (χ4n) is 1.54. The molecule has 82 valence electrons. The second kappa shape index (κ2) is 4.53. The molecule has 0 spiro atoms. The van der Waals surface area contributed by atoms with Crippen LogP contribution in [0.5, 0.6) is 0 Å². The maximum Gasteiger partial charge on any atom is 0.0743 e. The molecule has 3 nitrogen and oxygen atoms in total. The van der Waals surface area contributed by atoms with Gasteiger partial charge in [0, 0.05) is 16.4 Å². The Morgan fingerprint density at radius 3 is 2.94 bits per heavy atom. The summed E-state index contributed by atoms with van der Waals surface area (Å²) in [5.41, 5.74) is 8.39. The van der Waals surface area contributed by atoms with E-state index in [0.717, 1.165) is 21.1 Å². The Balaban J connectivity index is 2.48. The van der Waals surface area contributed by atoms with Crippen LogP contribution in [0.1, 0.15) is 0 Å². The summed E-state index contributed by atoms with van der Waals surface area (Å²) in [7, 11) is 0. The Kier molecular flexibility index (Phi) is 3.10. The van der Waals surface area contributed by atoms with Crippen LogP contribution in [0.25, 0.3) is 10.9 Å². The van der Waals surface area contributed by atoms with Crippen LogP contribution in [-0.2, 0) is 0 Å². The maximum atomic E-state index is 5.90. The van der Waals surface area contributed by atoms with E-state index in [0.29, 0.717) is 12.2 Å². The lowest BCUT2D eigenvalue weighted by Gasteiger charge is -2.11. The van der Waals surface area contributed by atoms with Crippen molar-refractivity contribution in [2.24, 2.45) is 0 Å². The number of nitrogens with zero attached hydrogens (tertiary/aromatic N) is 1. The molecular weight excluding hydrogens is 266 g/mol. The van der Waals surface area contributed by atoms with Gasteiger partial charge in [0.15, 0.2) is 0 Å². The molecule has 0 amide bonds. The maximum absolute atomic E-state index is 5.90. The summed E-state index contributed by atoms with van der Waals surface area (Å²) in [5.74, 6) is 0. The van der Waals surface area contributed by atoms with Crippen LogP contribution in [0, 0.1) is 0 Å². The number of anilines is 2. The number of nitrogen functional groups attached to an aromatic ring is 1. The normalized spacial score (nSPS) is 10.3. The first-order valence-corrected chi connectivity index (χ1v) is 5.68. The Bertz CT molecular complexity index is 537. The standard InChI is InChI=1S/C12H12BrN3/c1-8(13)6-16-12-9-4-2-3-5-11(9)15-7-10(12)14/h2-5,7H,1,6,14H2,(H,15,16). The minimum Gasteiger partial charge on any atom is -0.396 e. The van der Waals surface area contributed by atoms with Crippen LogP contribution < -0.4 is 11.1 Å². The smallest absolute Gasteiger partial charge is 0.0743 e. The van der Waals surface area contributed by atoms with Gasteiger partial charge in [0.2, 0.25) is 0 Å². The van der Waals surface area contributed by atoms with Crippen molar-refractivity contribution in [2.75, 3.05) is 17.6 Å². The van der Waals surface area contributed by atoms with Crippen LogP contribution in [0.4, 0.5) is 11.4 Å². The number of pyridine rings is 1. The van der Waals surface area contributed by atoms with Crippen molar-refractivity contribution in [3.05, 3.63) is 41.5 Å². The van der Waals surface area contributed by atoms with Crippen molar-refractivity contribution >= 4 is 38.2 Å². The van der Waals surface area contributed by atoms with Gasteiger partial charge in [-0.25, -0.2) is 0 Å². The first-order valence-electron chi connectivity index (χ1n) is 4.89. The van der Waals surface area contributed by atoms with Crippen molar-refractivity contribution in [3.63, 3.8) is 0 Å². The lowest BCUT2D eigenvalue weighted by atomic mass is 10.1. The van der Waals surface area contributed by atoms with Gasteiger partial charge in [0.25, 0.3) is 0 Å². The van der Waals surface area contributed by atoms with E-state index in [1.165, 1.54) is 0 Å². The zero-order chi connectivity index (χ0) is 11.5. The van der Waals surface area contributed by atoms with Crippen molar-refractivity contribution in [1.82, 2.24) is 4.98 Å². The molecule has 0 aliphatic carbocycles. The Labute approximate surface area is 102 Å². The number of hydrogen-bond acceptors (Lipinski definition) is 3. The highest BCUT2D eigenvalue weighted by Crippen LogP contribution is 2.27. The molecule has 0 radical (unpaired) electrons. The van der Waals surface area contributed by atoms with E-state index in [-0.39, 0.29) is 0 Å². The van der Waals surface area contributed by atoms with Crippen molar-refractivity contribution in [1.29, 1.82) is 0 Å². The van der Waals surface area contributed by atoms with E-state index < -0.39 is 0 Å². The van der Waals surface area contributed by atoms with E-state index >= 15 is 0 Å². The molecule has 16 heavy (non-hydrogen) atoms. The van der Waals surface area contributed by atoms with E-state index in [9.17, 15) is 0 Å². The van der Waals surface area contributed by atoms with Crippen molar-refractivity contribution < 1.29 is 0 Å². The number of halogens is 1. The molecule has 0 unspecified atom stereocenters. The second-order valence-electron chi connectivity index (χ2n) is 3.48. The zero-order valence-corrected chi connectivity index (χ0v) is 10.3. The molecule has 1 aromatic heterocycles. The lowest BCUT2D eigenvalue weighted by molar-refractivity contribution is 1.32. The third-order valence-electron chi connectivity index (χ3n) is 2.26. The fraction of sp³-hybridized carbons (Fsp3) is 0.0833. The van der Waals surface area contributed by atoms with Crippen LogP contribution in [0.15, 0.2) is 41.5 Å². The summed E-state index contributed by atoms with van der Waals surface area (Å²) in [5, 5.41) is 4.27. The molecular formula is C12H12BrN3. The van der Waals surface area contributed by atoms with Gasteiger partial charge in [-0.1, -0.05) is 40.7 Å². The molecule has 3 N–H and O–H groups in total. The molecule has 0 aliphatic heterocycles. The summed E-state index contributed by atoms with van der Waals surface area (Å²) in [6.07, 6.45) is 1.67. The molecule has 2 rings (SSSR count). The lowest BCUT2D eigenvalue weighted by Crippen LogP contribution is -2.05. The van der Waals surface area contributed by atoms with Crippen molar-refractivity contribution in [3.8, 4) is 0 Å². The highest BCUT2D eigenvalue weighted by Gasteiger charge is 2.05. The summed E-state index contributed by atoms with van der Waals surface area (Å²) in [6, 6.07) is 7.89. The molecule has 0 saturated heterocycles. The molecule has 0 atom stereocenters. The minimum absolute atomic E-state index is 0.637. The largest absolute Gasteiger partial charge is 0.396 e. The van der Waals surface area contributed by atoms with E-state index in [1.54, 1.807) is 6.20 Å². The zero-order valence-electron chi connectivity index (χ0n) is 8.70. The van der Waals surface area contributed by atoms with Gasteiger partial charge in [-0.3, -0.25) is 4.98 Å². The van der Waals surface area contributed by atoms with E-state index in [1.807, 2.05) is 24.3 Å². The molecule has 0 aliphatic rings. The quantitative estimate of drug-likeness (QED) is 0.906. The Morgan fingerprint density at radius 2 is 2.19 bits per heavy atom. The number of para-hydroxylation sites is 1. The highest BCUT2D eigenvalue weighted by molar-refractivity contribution is 9.11. The summed E-state index contributed by atoms with van der Waals surface area (Å²) in [4.78, 5) is 4.27. The van der Waals surface area contributed by atoms with Crippen LogP contribution in [0.2, 0.25) is 0 Å². The van der Waals surface area contributed by atoms with Gasteiger partial charge in [-0.15, -0.1) is 0 Å². The van der Waals surface area contributed by atoms with E-state index in [4.69, 9.17) is 5.73 Å². The molecule has 0 saturated carbocycles. The summed E-state index contributed by atoms with van der Waals surface area (Å²) in [6.45, 7) is 4.41. The number of hydrogen-bond donors (Lipinski definition) is 2. The number of nitrogens with two attached hydrogens (primary N) is 1. The summed E-state index contributed by atoms with van der Waals surface area (Å²) >= 11 is 3.31. The number of nitrogens with one attached hydrogen (secondary N) is 1. The number of fused-ring (bicyclic) bond motifs is 1. The van der Waals surface area contributed by atoms with Crippen LogP contribution in [-0.4, -0.2) is 11.5 Å². The average Bonchev–Trinajstić information content (AvgIpc) is 2.27. The summed E-state index contributed by atoms with van der Waals surface area (Å²) < 4.78 is 0.882. The fourth-order valence-corrected chi connectivity index (χ4v) is 1.68. The number of rotatable bonds is 3. The second-order valence-corrected chi connectivity index (χ2v) is 4.60. The Hall–Kier alpha value is -1.55. The molecule has 4 heteroatoms. The Morgan fingerprint density at radius 1 is 1.44 bits per heavy atom. The van der Waals surface area contributed by atoms with Gasteiger partial charge in [-0.05, 0) is 6.07 Å². The van der Waals surface area contributed by atoms with E-state index in [2.05, 4.69) is 32.8 Å². The van der Waals surface area contributed by atoms with Gasteiger partial charge < -0.3 is 11.1 Å². The third kappa shape index (κ3) is 2.17. The monoisotopic (exact) mass is 277 g/mol. The van der Waals surface area contributed by atoms with Crippen LogP contribution >= 0.6 is 15.9 Å². The highest BCUT2D eigenvalue weighted by atomic mass is 79.9. The van der Waals surface area contributed by atoms with Crippen LogP contribution in [0.3, 0.4) is 0 Å². The predicted octanol–water partition coefficient (Wildman–Crippen LogP) is 3.14. The van der Waals surface area contributed by atoms with Gasteiger partial charge >= 0.3 is 0 Å². The van der Waals surface area contributed by atoms with Gasteiger partial charge in [0.05, 0.1) is 23.1 Å².